The van der Waals surface area contributed by atoms with Crippen LogP contribution in [-0.4, -0.2) is 32.1 Å². The number of aromatic nitrogens is 3. The van der Waals surface area contributed by atoms with Gasteiger partial charge in [-0.25, -0.2) is 4.98 Å². The van der Waals surface area contributed by atoms with Gasteiger partial charge in [0.1, 0.15) is 11.3 Å². The second-order valence-electron chi connectivity index (χ2n) is 5.98. The lowest BCUT2D eigenvalue weighted by Crippen LogP contribution is -2.51. The molecular formula is C14H16FN5O. The smallest absolute Gasteiger partial charge is 0.298 e. The maximum Gasteiger partial charge on any atom is 0.298 e. The van der Waals surface area contributed by atoms with E-state index in [1.807, 2.05) is 4.57 Å². The van der Waals surface area contributed by atoms with Crippen LogP contribution in [0.3, 0.4) is 0 Å². The fourth-order valence-corrected chi connectivity index (χ4v) is 3.76. The Bertz CT molecular complexity index is 734. The molecule has 1 saturated carbocycles. The van der Waals surface area contributed by atoms with E-state index in [1.165, 1.54) is 0 Å². The summed E-state index contributed by atoms with van der Waals surface area (Å²) < 4.78 is 16.0. The second kappa shape index (κ2) is 4.16. The molecule has 0 unspecified atom stereocenters. The summed E-state index contributed by atoms with van der Waals surface area (Å²) >= 11 is 0. The summed E-state index contributed by atoms with van der Waals surface area (Å²) in [6, 6.07) is 1.67. The number of nitrogens with two attached hydrogens (primary N) is 1. The lowest BCUT2D eigenvalue weighted by molar-refractivity contribution is -0.0247. The van der Waals surface area contributed by atoms with Crippen molar-refractivity contribution >= 4 is 22.9 Å². The molecule has 0 bridgehead atoms. The minimum absolute atomic E-state index is 0.0898. The Labute approximate surface area is 120 Å². The van der Waals surface area contributed by atoms with Gasteiger partial charge < -0.3 is 10.3 Å². The number of fused-ring (bicyclic) bond motifs is 4. The number of carbonyl (C=O) groups excluding carboxylic acids is 1. The molecule has 1 aliphatic heterocycles. The van der Waals surface area contributed by atoms with Crippen molar-refractivity contribution in [1.29, 1.82) is 0 Å². The zero-order valence-electron chi connectivity index (χ0n) is 11.5. The van der Waals surface area contributed by atoms with E-state index in [0.29, 0.717) is 16.5 Å². The van der Waals surface area contributed by atoms with Gasteiger partial charge in [-0.05, 0) is 18.9 Å². The first-order valence-corrected chi connectivity index (χ1v) is 7.23. The summed E-state index contributed by atoms with van der Waals surface area (Å²) in [5.74, 6) is -0.438. The Balaban J connectivity index is 2.02. The Hall–Kier alpha value is -2.18. The number of amides is 1. The summed E-state index contributed by atoms with van der Waals surface area (Å²) in [4.78, 5) is 20.4. The van der Waals surface area contributed by atoms with Gasteiger partial charge in [-0.1, -0.05) is 23.7 Å². The molecule has 6 nitrogen and oxygen atoms in total. The van der Waals surface area contributed by atoms with Crippen LogP contribution in [0, 0.1) is 0 Å². The number of nitrogens with zero attached hydrogens (tertiary/aromatic N) is 4. The van der Waals surface area contributed by atoms with Gasteiger partial charge in [0.25, 0.3) is 5.91 Å². The highest BCUT2D eigenvalue weighted by Crippen LogP contribution is 2.42. The van der Waals surface area contributed by atoms with Crippen LogP contribution < -0.4 is 5.73 Å². The number of anilines is 1. The van der Waals surface area contributed by atoms with Gasteiger partial charge >= 0.3 is 0 Å². The first kappa shape index (κ1) is 12.6. The molecule has 1 spiro atoms. The number of hydrogen-bond acceptors (Lipinski definition) is 4. The van der Waals surface area contributed by atoms with Crippen LogP contribution in [0.2, 0.25) is 0 Å². The third-order valence-electron chi connectivity index (χ3n) is 4.69. The molecule has 3 heterocycles. The summed E-state index contributed by atoms with van der Waals surface area (Å²) in [5.41, 5.74) is 6.27. The number of hydrogen-bond donors (Lipinski definition) is 1. The normalized spacial score (nSPS) is 21.0. The minimum Gasteiger partial charge on any atom is -0.368 e. The molecular weight excluding hydrogens is 273 g/mol. The summed E-state index contributed by atoms with van der Waals surface area (Å²) in [6.07, 6.45) is 6.50. The lowest BCUT2D eigenvalue weighted by atomic mass is 9.80. The Morgan fingerprint density at radius 2 is 2.05 bits per heavy atom. The van der Waals surface area contributed by atoms with Crippen molar-refractivity contribution in [3.8, 4) is 0 Å². The van der Waals surface area contributed by atoms with Gasteiger partial charge in [0, 0.05) is 11.6 Å². The third-order valence-corrected chi connectivity index (χ3v) is 4.69. The molecule has 0 saturated heterocycles. The zero-order chi connectivity index (χ0) is 14.6. The largest absolute Gasteiger partial charge is 0.368 e. The molecule has 0 radical (unpaired) electrons. The number of rotatable bonds is 0. The molecule has 7 heteroatoms. The maximum absolute atomic E-state index is 14.1. The topological polar surface area (TPSA) is 77.0 Å². The third kappa shape index (κ3) is 1.66. The molecule has 1 aliphatic carbocycles. The lowest BCUT2D eigenvalue weighted by Gasteiger charge is -2.44. The first-order valence-electron chi connectivity index (χ1n) is 7.23. The second-order valence-corrected chi connectivity index (χ2v) is 5.98. The van der Waals surface area contributed by atoms with Gasteiger partial charge in [0.05, 0.1) is 12.1 Å². The van der Waals surface area contributed by atoms with Crippen molar-refractivity contribution in [2.24, 2.45) is 0 Å². The van der Waals surface area contributed by atoms with Crippen molar-refractivity contribution in [3.05, 3.63) is 18.0 Å². The summed E-state index contributed by atoms with van der Waals surface area (Å²) in [6.45, 7) is 0.0898. The molecule has 1 fully saturated rings. The van der Waals surface area contributed by atoms with Crippen molar-refractivity contribution in [1.82, 2.24) is 19.7 Å². The molecule has 0 aromatic carbocycles. The van der Waals surface area contributed by atoms with Gasteiger partial charge in [-0.15, -0.1) is 0 Å². The highest BCUT2D eigenvalue weighted by molar-refractivity contribution is 5.98. The van der Waals surface area contributed by atoms with E-state index in [4.69, 9.17) is 5.73 Å². The van der Waals surface area contributed by atoms with Gasteiger partial charge in [0.2, 0.25) is 5.95 Å². The predicted molar refractivity (Wildman–Crippen MR) is 75.1 cm³/mol. The Morgan fingerprint density at radius 3 is 2.81 bits per heavy atom. The quantitative estimate of drug-likeness (QED) is 0.753. The molecule has 1 amide bonds. The monoisotopic (exact) mass is 289 g/mol. The van der Waals surface area contributed by atoms with Crippen LogP contribution in [0.25, 0.3) is 11.0 Å². The van der Waals surface area contributed by atoms with Gasteiger partial charge in [0.15, 0.2) is 0 Å². The van der Waals surface area contributed by atoms with E-state index in [-0.39, 0.29) is 12.5 Å². The fraction of sp³-hybridized carbons (Fsp3) is 0.500. The van der Waals surface area contributed by atoms with Crippen molar-refractivity contribution in [3.63, 3.8) is 0 Å². The van der Waals surface area contributed by atoms with E-state index in [9.17, 15) is 9.28 Å². The molecule has 4 rings (SSSR count). The summed E-state index contributed by atoms with van der Waals surface area (Å²) in [5, 5.41) is 1.07. The van der Waals surface area contributed by atoms with Crippen LogP contribution in [0.5, 0.6) is 0 Å². The van der Waals surface area contributed by atoms with E-state index in [0.717, 1.165) is 37.5 Å². The SMILES string of the molecule is Nc1ncc2cc3n(c2n1)C1(CCCCC1)CN(F)C3=O. The molecule has 2 aromatic rings. The van der Waals surface area contributed by atoms with E-state index in [2.05, 4.69) is 9.97 Å². The van der Waals surface area contributed by atoms with E-state index >= 15 is 0 Å². The van der Waals surface area contributed by atoms with Gasteiger partial charge in [-0.2, -0.15) is 10.1 Å². The van der Waals surface area contributed by atoms with Crippen LogP contribution in [0.15, 0.2) is 12.3 Å². The molecule has 0 atom stereocenters. The molecule has 21 heavy (non-hydrogen) atoms. The minimum atomic E-state index is -0.609. The zero-order valence-corrected chi connectivity index (χ0v) is 11.5. The Kier molecular flexibility index (Phi) is 2.49. The van der Waals surface area contributed by atoms with Crippen LogP contribution in [0.1, 0.15) is 42.6 Å². The highest BCUT2D eigenvalue weighted by Gasteiger charge is 2.45. The molecule has 110 valence electrons. The maximum atomic E-state index is 14.1. The first-order chi connectivity index (χ1) is 10.1. The van der Waals surface area contributed by atoms with Crippen molar-refractivity contribution < 1.29 is 9.28 Å². The van der Waals surface area contributed by atoms with Crippen LogP contribution >= 0.6 is 0 Å². The predicted octanol–water partition coefficient (Wildman–Crippen LogP) is 2.01. The number of carbonyl (C=O) groups is 1. The van der Waals surface area contributed by atoms with Crippen molar-refractivity contribution in [2.45, 2.75) is 37.6 Å². The van der Waals surface area contributed by atoms with E-state index in [1.54, 1.807) is 12.3 Å². The molecule has 2 aliphatic rings. The highest BCUT2D eigenvalue weighted by atomic mass is 19.2. The van der Waals surface area contributed by atoms with Gasteiger partial charge in [-0.3, -0.25) is 4.79 Å². The van der Waals surface area contributed by atoms with Crippen molar-refractivity contribution in [2.75, 3.05) is 12.3 Å². The molecule has 2 aromatic heterocycles. The van der Waals surface area contributed by atoms with Crippen LogP contribution in [0.4, 0.5) is 10.4 Å². The summed E-state index contributed by atoms with van der Waals surface area (Å²) in [7, 11) is 0. The number of nitrogen functional groups attached to an aromatic ring is 1. The fourth-order valence-electron chi connectivity index (χ4n) is 3.76. The Morgan fingerprint density at radius 1 is 1.29 bits per heavy atom. The van der Waals surface area contributed by atoms with E-state index < -0.39 is 11.4 Å². The average Bonchev–Trinajstić information content (AvgIpc) is 2.85. The average molecular weight is 289 g/mol. The number of halogens is 1. The molecule has 2 N–H and O–H groups in total. The van der Waals surface area contributed by atoms with Crippen LogP contribution in [-0.2, 0) is 5.54 Å². The standard InChI is InChI=1S/C14H16FN5O/c15-19-8-14(4-2-1-3-5-14)20-10(12(19)21)6-9-7-17-13(16)18-11(9)20/h6-7H,1-5,8H2,(H2,16,17,18).